The fourth-order valence-corrected chi connectivity index (χ4v) is 2.55. The summed E-state index contributed by atoms with van der Waals surface area (Å²) >= 11 is 0. The zero-order valence-electron chi connectivity index (χ0n) is 14.5. The molecule has 0 saturated heterocycles. The SMILES string of the molecule is COc1ncc(Nc2cc(F)cc(F)c2)nc1C(=O)NCC1(C(F)(F)F)CC1. The van der Waals surface area contributed by atoms with Gasteiger partial charge >= 0.3 is 6.18 Å². The fraction of sp³-hybridized carbons (Fsp3) is 0.353. The van der Waals surface area contributed by atoms with Crippen molar-refractivity contribution in [2.75, 3.05) is 19.0 Å². The van der Waals surface area contributed by atoms with Gasteiger partial charge in [-0.25, -0.2) is 18.7 Å². The number of hydrogen-bond donors (Lipinski definition) is 2. The van der Waals surface area contributed by atoms with Crippen molar-refractivity contribution in [3.63, 3.8) is 0 Å². The molecule has 6 nitrogen and oxygen atoms in total. The van der Waals surface area contributed by atoms with Crippen LogP contribution in [0.15, 0.2) is 24.4 Å². The molecule has 1 amide bonds. The predicted molar refractivity (Wildman–Crippen MR) is 88.3 cm³/mol. The Balaban J connectivity index is 1.78. The van der Waals surface area contributed by atoms with Crippen LogP contribution >= 0.6 is 0 Å². The minimum atomic E-state index is -4.42. The standard InChI is InChI=1S/C17H15F5N4O2/c1-28-15-13(14(27)24-8-16(2-3-16)17(20,21)22)26-12(7-23-15)25-11-5-9(18)4-10(19)6-11/h4-7H,2-3,8H2,1H3,(H,24,27)(H,25,26). The fourth-order valence-electron chi connectivity index (χ4n) is 2.55. The lowest BCUT2D eigenvalue weighted by molar-refractivity contribution is -0.184. The van der Waals surface area contributed by atoms with E-state index >= 15 is 0 Å². The first-order valence-corrected chi connectivity index (χ1v) is 8.13. The highest BCUT2D eigenvalue weighted by Gasteiger charge is 2.63. The Morgan fingerprint density at radius 3 is 2.39 bits per heavy atom. The Morgan fingerprint density at radius 1 is 1.21 bits per heavy atom. The van der Waals surface area contributed by atoms with E-state index in [1.807, 2.05) is 0 Å². The van der Waals surface area contributed by atoms with Crippen LogP contribution in [0.2, 0.25) is 0 Å². The molecule has 1 heterocycles. The Hall–Kier alpha value is -2.98. The number of halogens is 5. The molecule has 0 bridgehead atoms. The van der Waals surface area contributed by atoms with E-state index in [0.29, 0.717) is 6.07 Å². The van der Waals surface area contributed by atoms with Crippen molar-refractivity contribution in [3.8, 4) is 5.88 Å². The molecule has 1 saturated carbocycles. The predicted octanol–water partition coefficient (Wildman–Crippen LogP) is 3.58. The summed E-state index contributed by atoms with van der Waals surface area (Å²) in [5, 5.41) is 4.78. The van der Waals surface area contributed by atoms with Gasteiger partial charge in [0.2, 0.25) is 5.88 Å². The highest BCUT2D eigenvalue weighted by molar-refractivity contribution is 5.94. The van der Waals surface area contributed by atoms with E-state index < -0.39 is 35.7 Å². The van der Waals surface area contributed by atoms with Crippen molar-refractivity contribution in [1.82, 2.24) is 15.3 Å². The third kappa shape index (κ3) is 4.12. The zero-order chi connectivity index (χ0) is 20.5. The smallest absolute Gasteiger partial charge is 0.396 e. The van der Waals surface area contributed by atoms with Gasteiger partial charge in [-0.3, -0.25) is 4.79 Å². The summed E-state index contributed by atoms with van der Waals surface area (Å²) in [5.41, 5.74) is -2.27. The van der Waals surface area contributed by atoms with Crippen LogP contribution in [0.1, 0.15) is 23.3 Å². The second-order valence-electron chi connectivity index (χ2n) is 6.36. The molecule has 11 heteroatoms. The normalized spacial score (nSPS) is 15.1. The maximum Gasteiger partial charge on any atom is 0.396 e. The summed E-state index contributed by atoms with van der Waals surface area (Å²) in [5.74, 6) is -2.82. The Kier molecular flexibility index (Phi) is 5.09. The largest absolute Gasteiger partial charge is 0.479 e. The van der Waals surface area contributed by atoms with Gasteiger partial charge in [0.1, 0.15) is 17.5 Å². The average Bonchev–Trinajstić information content (AvgIpc) is 3.40. The minimum Gasteiger partial charge on any atom is -0.479 e. The number of carbonyl (C=O) groups is 1. The Bertz CT molecular complexity index is 879. The second-order valence-corrected chi connectivity index (χ2v) is 6.36. The highest BCUT2D eigenvalue weighted by Crippen LogP contribution is 2.57. The molecule has 1 aliphatic rings. The quantitative estimate of drug-likeness (QED) is 0.723. The number of hydrogen-bond acceptors (Lipinski definition) is 5. The first-order chi connectivity index (χ1) is 13.1. The van der Waals surface area contributed by atoms with Crippen molar-refractivity contribution in [3.05, 3.63) is 41.7 Å². The molecule has 0 atom stereocenters. The molecule has 150 valence electrons. The maximum atomic E-state index is 13.3. The van der Waals surface area contributed by atoms with Crippen molar-refractivity contribution < 1.29 is 31.5 Å². The number of nitrogens with zero attached hydrogens (tertiary/aromatic N) is 2. The van der Waals surface area contributed by atoms with E-state index in [4.69, 9.17) is 4.74 Å². The first-order valence-electron chi connectivity index (χ1n) is 8.13. The van der Waals surface area contributed by atoms with Crippen LogP contribution < -0.4 is 15.4 Å². The van der Waals surface area contributed by atoms with Gasteiger partial charge in [0.05, 0.1) is 18.7 Å². The summed E-state index contributed by atoms with van der Waals surface area (Å²) in [6.45, 7) is -0.590. The van der Waals surface area contributed by atoms with Gasteiger partial charge in [-0.1, -0.05) is 0 Å². The van der Waals surface area contributed by atoms with Crippen LogP contribution in [-0.4, -0.2) is 35.7 Å². The third-order valence-corrected chi connectivity index (χ3v) is 4.32. The van der Waals surface area contributed by atoms with Crippen LogP contribution in [0.5, 0.6) is 5.88 Å². The van der Waals surface area contributed by atoms with Crippen molar-refractivity contribution in [1.29, 1.82) is 0 Å². The number of benzene rings is 1. The van der Waals surface area contributed by atoms with E-state index in [1.165, 1.54) is 7.11 Å². The zero-order valence-corrected chi connectivity index (χ0v) is 14.5. The molecule has 1 fully saturated rings. The Labute approximate surface area is 156 Å². The molecular weight excluding hydrogens is 387 g/mol. The summed E-state index contributed by atoms with van der Waals surface area (Å²) in [4.78, 5) is 20.1. The van der Waals surface area contributed by atoms with E-state index in [1.54, 1.807) is 0 Å². The monoisotopic (exact) mass is 402 g/mol. The van der Waals surface area contributed by atoms with Crippen molar-refractivity contribution in [2.24, 2.45) is 5.41 Å². The molecule has 0 spiro atoms. The maximum absolute atomic E-state index is 13.3. The lowest BCUT2D eigenvalue weighted by atomic mass is 10.1. The van der Waals surface area contributed by atoms with Crippen LogP contribution in [-0.2, 0) is 0 Å². The van der Waals surface area contributed by atoms with Crippen molar-refractivity contribution >= 4 is 17.4 Å². The van der Waals surface area contributed by atoms with Crippen molar-refractivity contribution in [2.45, 2.75) is 19.0 Å². The van der Waals surface area contributed by atoms with Crippen LogP contribution in [0.25, 0.3) is 0 Å². The number of rotatable bonds is 6. The number of anilines is 2. The summed E-state index contributed by atoms with van der Waals surface area (Å²) in [6, 6.07) is 2.67. The number of carbonyl (C=O) groups excluding carboxylic acids is 1. The number of methoxy groups -OCH3 is 1. The van der Waals surface area contributed by atoms with Gasteiger partial charge in [0.25, 0.3) is 5.91 Å². The molecule has 0 radical (unpaired) electrons. The van der Waals surface area contributed by atoms with Gasteiger partial charge < -0.3 is 15.4 Å². The lowest BCUT2D eigenvalue weighted by Gasteiger charge is -2.19. The summed E-state index contributed by atoms with van der Waals surface area (Å²) < 4.78 is 70.5. The topological polar surface area (TPSA) is 76.1 Å². The highest BCUT2D eigenvalue weighted by atomic mass is 19.4. The van der Waals surface area contributed by atoms with E-state index in [9.17, 15) is 26.7 Å². The summed E-state index contributed by atoms with van der Waals surface area (Å²) in [7, 11) is 1.22. The number of alkyl halides is 3. The molecule has 2 N–H and O–H groups in total. The Morgan fingerprint density at radius 2 is 1.86 bits per heavy atom. The van der Waals surface area contributed by atoms with Gasteiger partial charge in [0.15, 0.2) is 5.69 Å². The third-order valence-electron chi connectivity index (χ3n) is 4.32. The first kappa shape index (κ1) is 19.8. The lowest BCUT2D eigenvalue weighted by Crippen LogP contribution is -2.38. The molecule has 1 aliphatic carbocycles. The molecule has 1 aromatic heterocycles. The number of nitrogens with one attached hydrogen (secondary N) is 2. The number of aromatic nitrogens is 2. The second kappa shape index (κ2) is 7.21. The molecule has 3 rings (SSSR count). The van der Waals surface area contributed by atoms with Crippen LogP contribution in [0, 0.1) is 17.0 Å². The van der Waals surface area contributed by atoms with Crippen LogP contribution in [0.3, 0.4) is 0 Å². The minimum absolute atomic E-state index is 0.0114. The molecule has 1 aromatic carbocycles. The molecule has 0 unspecified atom stereocenters. The van der Waals surface area contributed by atoms with E-state index in [-0.39, 0.29) is 35.9 Å². The molecule has 0 aliphatic heterocycles. The van der Waals surface area contributed by atoms with E-state index in [2.05, 4.69) is 20.6 Å². The van der Waals surface area contributed by atoms with E-state index in [0.717, 1.165) is 18.3 Å². The van der Waals surface area contributed by atoms with Gasteiger partial charge in [0, 0.05) is 18.3 Å². The molecule has 28 heavy (non-hydrogen) atoms. The van der Waals surface area contributed by atoms with Gasteiger partial charge in [-0.05, 0) is 25.0 Å². The van der Waals surface area contributed by atoms with Crippen LogP contribution in [0.4, 0.5) is 33.5 Å². The summed E-state index contributed by atoms with van der Waals surface area (Å²) in [6.07, 6.45) is -3.39. The molecular formula is C17H15F5N4O2. The number of ether oxygens (including phenoxy) is 1. The van der Waals surface area contributed by atoms with Gasteiger partial charge in [-0.15, -0.1) is 0 Å². The molecule has 2 aromatic rings. The average molecular weight is 402 g/mol. The van der Waals surface area contributed by atoms with Gasteiger partial charge in [-0.2, -0.15) is 13.2 Å². The number of amides is 1.